The Morgan fingerprint density at radius 1 is 0.741 bits per heavy atom. The number of carbonyl (C=O) groups is 3. The van der Waals surface area contributed by atoms with Crippen molar-refractivity contribution in [2.75, 3.05) is 6.61 Å². The summed E-state index contributed by atoms with van der Waals surface area (Å²) < 4.78 is 114. The van der Waals surface area contributed by atoms with Crippen LogP contribution in [0.25, 0.3) is 0 Å². The van der Waals surface area contributed by atoms with Gasteiger partial charge in [0.1, 0.15) is 18.1 Å². The molecule has 2 aromatic carbocycles. The number of carbonyl (C=O) groups excluding carboxylic acids is 2. The molecule has 2 N–H and O–H groups in total. The summed E-state index contributed by atoms with van der Waals surface area (Å²) in [4.78, 5) is 34.1. The molecular weight excluding hydrogens is 851 g/mol. The first-order valence-corrected chi connectivity index (χ1v) is 17.7. The van der Waals surface area contributed by atoms with E-state index in [2.05, 4.69) is 9.47 Å². The first kappa shape index (κ1) is 50.8. The number of rotatable bonds is 13. The Morgan fingerprint density at radius 2 is 1.19 bits per heavy atom. The molecule has 0 radical (unpaired) electrons. The molecule has 8 nitrogen and oxygen atoms in total. The summed E-state index contributed by atoms with van der Waals surface area (Å²) in [6.07, 6.45) is -13.7. The van der Waals surface area contributed by atoms with Gasteiger partial charge in [-0.2, -0.15) is 26.3 Å². The third-order valence-corrected chi connectivity index (χ3v) is 9.75. The van der Waals surface area contributed by atoms with E-state index in [0.717, 1.165) is 12.0 Å². The molecule has 0 saturated heterocycles. The van der Waals surface area contributed by atoms with E-state index in [1.165, 1.54) is 25.1 Å². The van der Waals surface area contributed by atoms with Crippen molar-refractivity contribution in [2.24, 2.45) is 10.8 Å². The van der Waals surface area contributed by atoms with Crippen LogP contribution in [-0.4, -0.2) is 65.2 Å². The predicted molar refractivity (Wildman–Crippen MR) is 194 cm³/mol. The van der Waals surface area contributed by atoms with E-state index in [4.69, 9.17) is 14.9 Å². The SMILES string of the molecule is CCC(C)(C)C(=O)OC(C)C(F)F.CCC(C)(C)C(=O)Oc1ccc(I)c(C(=O)O)c1.CCC(C)(C)c1ccc(OCC(O)(C(F)(F)F)C(F)(F)F)cc1. The maximum absolute atomic E-state index is 12.5. The number of carboxylic acid groups (broad SMARTS) is 1. The number of aliphatic hydroxyl groups is 1. The second kappa shape index (κ2) is 20.1. The van der Waals surface area contributed by atoms with Crippen LogP contribution >= 0.6 is 22.6 Å². The monoisotopic (exact) mass is 900 g/mol. The Kier molecular flexibility index (Phi) is 18.9. The van der Waals surface area contributed by atoms with Gasteiger partial charge in [-0.25, -0.2) is 13.6 Å². The molecule has 0 spiro atoms. The van der Waals surface area contributed by atoms with Crippen LogP contribution in [0.4, 0.5) is 35.1 Å². The number of carboxylic acids is 1. The highest BCUT2D eigenvalue weighted by Crippen LogP contribution is 2.43. The number of hydrogen-bond donors (Lipinski definition) is 2. The molecule has 1 unspecified atom stereocenters. The largest absolute Gasteiger partial charge is 0.490 e. The maximum atomic E-state index is 12.5. The zero-order chi connectivity index (χ0) is 42.7. The summed E-state index contributed by atoms with van der Waals surface area (Å²) in [7, 11) is 0. The lowest BCUT2D eigenvalue weighted by Crippen LogP contribution is -2.60. The molecule has 2 aromatic rings. The molecule has 0 bridgehead atoms. The molecule has 0 fully saturated rings. The van der Waals surface area contributed by atoms with Crippen molar-refractivity contribution in [2.45, 2.75) is 124 Å². The molecule has 0 aliphatic carbocycles. The third-order valence-electron chi connectivity index (χ3n) is 8.80. The van der Waals surface area contributed by atoms with Gasteiger partial charge in [0.15, 0.2) is 6.10 Å². The molecule has 54 heavy (non-hydrogen) atoms. The summed E-state index contributed by atoms with van der Waals surface area (Å²) in [5.41, 5.74) is -5.35. The Morgan fingerprint density at radius 3 is 1.57 bits per heavy atom. The standard InChI is InChI=1S/C15H18F6O2.C13H15IO4.C9H16F2O2/c1-4-12(2,3)10-5-7-11(8-6-10)23-9-13(22,14(16,17)18)15(19,20)21;1-4-13(2,3)12(17)18-8-5-6-10(14)9(7-8)11(15)16;1-5-9(3,4)8(12)13-6(2)7(10)11/h5-8,22H,4,9H2,1-3H3;5-7H,4H2,1-3H3,(H,15,16);6-7H,5H2,1-4H3. The van der Waals surface area contributed by atoms with Gasteiger partial charge in [-0.15, -0.1) is 0 Å². The second-order valence-electron chi connectivity index (χ2n) is 14.2. The van der Waals surface area contributed by atoms with Gasteiger partial charge in [-0.05, 0) is 118 Å². The molecule has 1 atom stereocenters. The van der Waals surface area contributed by atoms with Gasteiger partial charge < -0.3 is 24.4 Å². The third kappa shape index (κ3) is 14.8. The molecule has 308 valence electrons. The van der Waals surface area contributed by atoms with Crippen LogP contribution < -0.4 is 9.47 Å². The smallest absolute Gasteiger partial charge is 0.429 e. The molecule has 2 rings (SSSR count). The predicted octanol–water partition coefficient (Wildman–Crippen LogP) is 10.6. The van der Waals surface area contributed by atoms with Crippen molar-refractivity contribution < 1.29 is 73.9 Å². The van der Waals surface area contributed by atoms with Crippen LogP contribution in [0, 0.1) is 14.4 Å². The Labute approximate surface area is 324 Å². The number of benzene rings is 2. The van der Waals surface area contributed by atoms with Crippen molar-refractivity contribution in [3.63, 3.8) is 0 Å². The molecule has 17 heteroatoms. The lowest BCUT2D eigenvalue weighted by Gasteiger charge is -2.32. The fourth-order valence-corrected chi connectivity index (χ4v) is 3.93. The van der Waals surface area contributed by atoms with Crippen molar-refractivity contribution in [3.05, 3.63) is 57.2 Å². The van der Waals surface area contributed by atoms with Gasteiger partial charge >= 0.3 is 30.3 Å². The highest BCUT2D eigenvalue weighted by atomic mass is 127. The number of halogens is 9. The highest BCUT2D eigenvalue weighted by Gasteiger charge is 2.71. The zero-order valence-corrected chi connectivity index (χ0v) is 33.9. The van der Waals surface area contributed by atoms with Crippen LogP contribution in [0.5, 0.6) is 11.5 Å². The number of ether oxygens (including phenoxy) is 3. The summed E-state index contributed by atoms with van der Waals surface area (Å²) in [6, 6.07) is 10.3. The summed E-state index contributed by atoms with van der Waals surface area (Å²) >= 11 is 1.93. The van der Waals surface area contributed by atoms with Gasteiger partial charge in [-0.1, -0.05) is 46.8 Å². The zero-order valence-electron chi connectivity index (χ0n) is 31.8. The van der Waals surface area contributed by atoms with Gasteiger partial charge in [0, 0.05) is 3.57 Å². The number of hydrogen-bond acceptors (Lipinski definition) is 7. The lowest BCUT2D eigenvalue weighted by atomic mass is 9.82. The van der Waals surface area contributed by atoms with E-state index in [1.807, 2.05) is 57.2 Å². The fraction of sp³-hybridized carbons (Fsp3) is 0.595. The topological polar surface area (TPSA) is 119 Å². The molecule has 0 heterocycles. The second-order valence-corrected chi connectivity index (χ2v) is 15.3. The molecule has 0 amide bonds. The first-order valence-electron chi connectivity index (χ1n) is 16.7. The Bertz CT molecular complexity index is 1510. The molecular formula is C37H49F8IO8. The molecule has 0 aliphatic heterocycles. The van der Waals surface area contributed by atoms with E-state index < -0.39 is 59.9 Å². The van der Waals surface area contributed by atoms with E-state index in [1.54, 1.807) is 52.0 Å². The normalized spacial score (nSPS) is 13.1. The van der Waals surface area contributed by atoms with Crippen LogP contribution in [-0.2, 0) is 19.7 Å². The Balaban J connectivity index is 0.000000813. The summed E-state index contributed by atoms with van der Waals surface area (Å²) in [6.45, 7) is 15.7. The van der Waals surface area contributed by atoms with Crippen LogP contribution in [0.15, 0.2) is 42.5 Å². The van der Waals surface area contributed by atoms with Crippen molar-refractivity contribution in [3.8, 4) is 11.5 Å². The highest BCUT2D eigenvalue weighted by molar-refractivity contribution is 14.1. The van der Waals surface area contributed by atoms with Crippen molar-refractivity contribution >= 4 is 40.5 Å². The Hall–Kier alpha value is -3.22. The number of aromatic carboxylic acids is 1. The lowest BCUT2D eigenvalue weighted by molar-refractivity contribution is -0.373. The molecule has 0 aliphatic rings. The van der Waals surface area contributed by atoms with Crippen molar-refractivity contribution in [1.29, 1.82) is 0 Å². The van der Waals surface area contributed by atoms with Gasteiger partial charge in [0.25, 0.3) is 12.0 Å². The first-order chi connectivity index (χ1) is 24.3. The number of esters is 2. The minimum Gasteiger partial charge on any atom is -0.490 e. The van der Waals surface area contributed by atoms with Crippen molar-refractivity contribution in [1.82, 2.24) is 0 Å². The summed E-state index contributed by atoms with van der Waals surface area (Å²) in [5.74, 6) is -1.88. The summed E-state index contributed by atoms with van der Waals surface area (Å²) in [5, 5.41) is 18.0. The molecule has 0 aromatic heterocycles. The van der Waals surface area contributed by atoms with E-state index in [-0.39, 0.29) is 28.4 Å². The van der Waals surface area contributed by atoms with Crippen LogP contribution in [0.1, 0.15) is 104 Å². The average Bonchev–Trinajstić information content (AvgIpc) is 3.07. The average molecular weight is 901 g/mol. The van der Waals surface area contributed by atoms with Gasteiger partial charge in [0.05, 0.1) is 16.4 Å². The van der Waals surface area contributed by atoms with Gasteiger partial charge in [0.2, 0.25) is 0 Å². The quantitative estimate of drug-likeness (QED) is 0.0883. The minimum atomic E-state index is -5.89. The van der Waals surface area contributed by atoms with E-state index in [0.29, 0.717) is 16.4 Å². The fourth-order valence-electron chi connectivity index (χ4n) is 3.36. The minimum absolute atomic E-state index is 0.134. The van der Waals surface area contributed by atoms with E-state index >= 15 is 0 Å². The van der Waals surface area contributed by atoms with Gasteiger partial charge in [-0.3, -0.25) is 9.59 Å². The number of alkyl halides is 8. The molecule has 0 saturated carbocycles. The van der Waals surface area contributed by atoms with Crippen LogP contribution in [0.2, 0.25) is 0 Å². The van der Waals surface area contributed by atoms with Crippen LogP contribution in [0.3, 0.4) is 0 Å². The maximum Gasteiger partial charge on any atom is 0.429 e. The van der Waals surface area contributed by atoms with E-state index in [9.17, 15) is 49.5 Å².